The summed E-state index contributed by atoms with van der Waals surface area (Å²) in [6.45, 7) is 0.210. The summed E-state index contributed by atoms with van der Waals surface area (Å²) in [4.78, 5) is 33.8. The number of hydrogen-bond donors (Lipinski definition) is 0. The summed E-state index contributed by atoms with van der Waals surface area (Å²) in [7, 11) is 7.50. The molecule has 0 bridgehead atoms. The van der Waals surface area contributed by atoms with E-state index in [2.05, 4.69) is 0 Å². The molecule has 0 heterocycles. The molecule has 7 heteroatoms. The van der Waals surface area contributed by atoms with E-state index in [1.54, 1.807) is 11.9 Å². The Balaban J connectivity index is 4.03. The van der Waals surface area contributed by atoms with E-state index in [1.807, 2.05) is 0 Å². The number of amides is 2. The summed E-state index contributed by atoms with van der Waals surface area (Å²) in [5.41, 5.74) is 0. The minimum absolute atomic E-state index is 0.105. The van der Waals surface area contributed by atoms with Crippen LogP contribution in [0.4, 0.5) is 0 Å². The van der Waals surface area contributed by atoms with Gasteiger partial charge < -0.3 is 0 Å². The average Bonchev–Trinajstić information content (AvgIpc) is 2.26. The van der Waals surface area contributed by atoms with E-state index >= 15 is 0 Å². The molecule has 0 unspecified atom stereocenters. The minimum Gasteiger partial charge on any atom is -0.288 e. The van der Waals surface area contributed by atoms with E-state index in [-0.39, 0.29) is 24.9 Å². The average molecular weight is 233 g/mol. The Morgan fingerprint density at radius 2 is 1.19 bits per heavy atom. The first-order chi connectivity index (χ1) is 7.42. The van der Waals surface area contributed by atoms with E-state index in [0.717, 1.165) is 10.1 Å². The first-order valence-electron chi connectivity index (χ1n) is 4.72. The summed E-state index contributed by atoms with van der Waals surface area (Å²) < 4.78 is 0. The largest absolute Gasteiger partial charge is 0.288 e. The predicted octanol–water partition coefficient (Wildman–Crippen LogP) is -1.04. The third-order valence-corrected chi connectivity index (χ3v) is 2.06. The molecule has 0 N–H and O–H groups in total. The van der Waals surface area contributed by atoms with Gasteiger partial charge in [-0.05, 0) is 7.05 Å². The molecule has 16 heavy (non-hydrogen) atoms. The molecule has 0 rings (SSSR count). The van der Waals surface area contributed by atoms with Gasteiger partial charge in [0.15, 0.2) is 0 Å². The highest BCUT2D eigenvalue weighted by molar-refractivity contribution is 5.80. The summed E-state index contributed by atoms with van der Waals surface area (Å²) in [6, 6.07) is 0. The maximum atomic E-state index is 11.4. The standard InChI is InChI=1S/C9H19N3O4/c1-10(6-8(13)11(2)15-4)7-9(14)12(3)16-5/h6-7H2,1-5H3. The molecular formula is C9H19N3O4. The lowest BCUT2D eigenvalue weighted by molar-refractivity contribution is -0.173. The molecule has 7 nitrogen and oxygen atoms in total. The molecule has 94 valence electrons. The van der Waals surface area contributed by atoms with Gasteiger partial charge in [-0.3, -0.25) is 24.2 Å². The molecule has 0 aromatic rings. The van der Waals surface area contributed by atoms with Gasteiger partial charge in [-0.2, -0.15) is 0 Å². The van der Waals surface area contributed by atoms with E-state index in [1.165, 1.54) is 28.3 Å². The first kappa shape index (κ1) is 14.8. The van der Waals surface area contributed by atoms with Gasteiger partial charge in [0.05, 0.1) is 27.3 Å². The molecule has 0 fully saturated rings. The number of carbonyl (C=O) groups excluding carboxylic acids is 2. The number of carbonyl (C=O) groups is 2. The van der Waals surface area contributed by atoms with Crippen molar-refractivity contribution in [2.45, 2.75) is 0 Å². The Morgan fingerprint density at radius 3 is 1.44 bits per heavy atom. The second kappa shape index (κ2) is 7.15. The van der Waals surface area contributed by atoms with Gasteiger partial charge in [0.25, 0.3) is 11.8 Å². The van der Waals surface area contributed by atoms with Crippen molar-refractivity contribution >= 4 is 11.8 Å². The highest BCUT2D eigenvalue weighted by Gasteiger charge is 2.15. The van der Waals surface area contributed by atoms with E-state index < -0.39 is 0 Å². The number of hydroxylamine groups is 4. The monoisotopic (exact) mass is 233 g/mol. The van der Waals surface area contributed by atoms with E-state index in [4.69, 9.17) is 9.68 Å². The summed E-state index contributed by atoms with van der Waals surface area (Å²) in [5.74, 6) is -0.448. The molecule has 0 saturated carbocycles. The quantitative estimate of drug-likeness (QED) is 0.548. The molecule has 0 aromatic carbocycles. The van der Waals surface area contributed by atoms with Crippen molar-refractivity contribution in [3.05, 3.63) is 0 Å². The molecule has 0 radical (unpaired) electrons. The maximum absolute atomic E-state index is 11.4. The molecule has 0 aliphatic rings. The lowest BCUT2D eigenvalue weighted by Gasteiger charge is -2.21. The number of likely N-dealkylation sites (N-methyl/N-ethyl adjacent to an activating group) is 3. The van der Waals surface area contributed by atoms with Gasteiger partial charge in [0.2, 0.25) is 0 Å². The molecule has 0 aromatic heterocycles. The van der Waals surface area contributed by atoms with Gasteiger partial charge in [0, 0.05) is 14.1 Å². The lowest BCUT2D eigenvalue weighted by atomic mass is 10.4. The second-order valence-electron chi connectivity index (χ2n) is 3.32. The smallest absolute Gasteiger partial charge is 0.259 e. The molecule has 0 aliphatic heterocycles. The van der Waals surface area contributed by atoms with Crippen LogP contribution in [0.1, 0.15) is 0 Å². The van der Waals surface area contributed by atoms with Crippen molar-refractivity contribution in [3.63, 3.8) is 0 Å². The molecule has 0 aliphatic carbocycles. The Morgan fingerprint density at radius 1 is 0.875 bits per heavy atom. The van der Waals surface area contributed by atoms with Gasteiger partial charge >= 0.3 is 0 Å². The molecule has 0 spiro atoms. The van der Waals surface area contributed by atoms with Crippen LogP contribution in [0.25, 0.3) is 0 Å². The van der Waals surface area contributed by atoms with Crippen molar-refractivity contribution in [1.82, 2.24) is 15.0 Å². The van der Waals surface area contributed by atoms with Crippen LogP contribution < -0.4 is 0 Å². The minimum atomic E-state index is -0.224. The van der Waals surface area contributed by atoms with Crippen LogP contribution in [0.2, 0.25) is 0 Å². The van der Waals surface area contributed by atoms with Gasteiger partial charge in [-0.15, -0.1) is 0 Å². The maximum Gasteiger partial charge on any atom is 0.259 e. The van der Waals surface area contributed by atoms with Crippen LogP contribution in [0, 0.1) is 0 Å². The summed E-state index contributed by atoms with van der Waals surface area (Å²) in [5, 5.41) is 2.22. The fourth-order valence-electron chi connectivity index (χ4n) is 0.921. The number of nitrogens with zero attached hydrogens (tertiary/aromatic N) is 3. The Bertz CT molecular complexity index is 223. The predicted molar refractivity (Wildman–Crippen MR) is 57.1 cm³/mol. The Kier molecular flexibility index (Phi) is 6.63. The Labute approximate surface area is 95.4 Å². The van der Waals surface area contributed by atoms with Gasteiger partial charge in [-0.25, -0.2) is 10.1 Å². The summed E-state index contributed by atoms with van der Waals surface area (Å²) >= 11 is 0. The van der Waals surface area contributed by atoms with Crippen LogP contribution in [0.15, 0.2) is 0 Å². The van der Waals surface area contributed by atoms with Crippen molar-refractivity contribution in [2.75, 3.05) is 48.5 Å². The number of hydrogen-bond acceptors (Lipinski definition) is 5. The van der Waals surface area contributed by atoms with Gasteiger partial charge in [0.1, 0.15) is 0 Å². The zero-order valence-electron chi connectivity index (χ0n) is 10.4. The highest BCUT2D eigenvalue weighted by Crippen LogP contribution is 1.92. The summed E-state index contributed by atoms with van der Waals surface area (Å²) in [6.07, 6.45) is 0. The second-order valence-corrected chi connectivity index (χ2v) is 3.32. The van der Waals surface area contributed by atoms with E-state index in [0.29, 0.717) is 0 Å². The van der Waals surface area contributed by atoms with Crippen molar-refractivity contribution in [1.29, 1.82) is 0 Å². The molecular weight excluding hydrogens is 214 g/mol. The third-order valence-electron chi connectivity index (χ3n) is 2.06. The van der Waals surface area contributed by atoms with E-state index in [9.17, 15) is 9.59 Å². The molecule has 0 atom stereocenters. The zero-order valence-corrected chi connectivity index (χ0v) is 10.4. The van der Waals surface area contributed by atoms with Crippen LogP contribution in [-0.2, 0) is 19.3 Å². The van der Waals surface area contributed by atoms with Crippen LogP contribution in [0.5, 0.6) is 0 Å². The van der Waals surface area contributed by atoms with Gasteiger partial charge in [-0.1, -0.05) is 0 Å². The first-order valence-corrected chi connectivity index (χ1v) is 4.72. The SMILES string of the molecule is CON(C)C(=O)CN(C)CC(=O)N(C)OC. The normalized spacial score (nSPS) is 10.4. The molecule has 2 amide bonds. The lowest BCUT2D eigenvalue weighted by Crippen LogP contribution is -2.41. The van der Waals surface area contributed by atoms with Crippen molar-refractivity contribution < 1.29 is 19.3 Å². The Hall–Kier alpha value is -1.18. The highest BCUT2D eigenvalue weighted by atomic mass is 16.7. The van der Waals surface area contributed by atoms with Crippen LogP contribution >= 0.6 is 0 Å². The van der Waals surface area contributed by atoms with Crippen molar-refractivity contribution in [3.8, 4) is 0 Å². The van der Waals surface area contributed by atoms with Crippen molar-refractivity contribution in [2.24, 2.45) is 0 Å². The van der Waals surface area contributed by atoms with Crippen LogP contribution in [-0.4, -0.2) is 75.3 Å². The third kappa shape index (κ3) is 5.06. The fourth-order valence-corrected chi connectivity index (χ4v) is 0.921. The topological polar surface area (TPSA) is 62.3 Å². The fraction of sp³-hybridized carbons (Fsp3) is 0.778. The van der Waals surface area contributed by atoms with Crippen LogP contribution in [0.3, 0.4) is 0 Å². The number of rotatable bonds is 6. The molecule has 0 saturated heterocycles. The zero-order chi connectivity index (χ0) is 12.7.